The second-order valence-corrected chi connectivity index (χ2v) is 3.43. The third-order valence-electron chi connectivity index (χ3n) is 0.855. The van der Waals surface area contributed by atoms with Crippen LogP contribution in [-0.4, -0.2) is 10.5 Å². The first-order chi connectivity index (χ1) is 3.66. The normalized spacial score (nSPS) is 17.4. The van der Waals surface area contributed by atoms with Gasteiger partial charge >= 0.3 is 0 Å². The lowest BCUT2D eigenvalue weighted by molar-refractivity contribution is 0.856. The van der Waals surface area contributed by atoms with Crippen molar-refractivity contribution in [2.45, 2.75) is 23.8 Å². The minimum atomic E-state index is 0.308. The van der Waals surface area contributed by atoms with Crippen LogP contribution in [0.5, 0.6) is 0 Å². The van der Waals surface area contributed by atoms with E-state index < -0.39 is 0 Å². The minimum Gasteiger partial charge on any atom is -0.176 e. The summed E-state index contributed by atoms with van der Waals surface area (Å²) >= 11 is 8.40. The van der Waals surface area contributed by atoms with Crippen LogP contribution in [0.25, 0.3) is 0 Å². The lowest BCUT2D eigenvalue weighted by atomic mass is 10.2. The van der Waals surface area contributed by atoms with Crippen molar-refractivity contribution in [3.05, 3.63) is 12.7 Å². The molecule has 0 N–H and O–H groups in total. The maximum absolute atomic E-state index is 4.20. The summed E-state index contributed by atoms with van der Waals surface area (Å²) in [5.74, 6) is 0. The molecule has 0 aliphatic rings. The van der Waals surface area contributed by atoms with Gasteiger partial charge in [0.2, 0.25) is 0 Å². The van der Waals surface area contributed by atoms with Crippen molar-refractivity contribution in [1.29, 1.82) is 0 Å². The summed E-state index contributed by atoms with van der Waals surface area (Å²) in [6.07, 6.45) is 2.82. The van der Waals surface area contributed by atoms with Crippen molar-refractivity contribution in [2.75, 3.05) is 0 Å². The zero-order chi connectivity index (χ0) is 6.57. The Kier molecular flexibility index (Phi) is 4.57. The monoisotopic (exact) mass is 148 g/mol. The highest BCUT2D eigenvalue weighted by Gasteiger charge is 1.99. The van der Waals surface area contributed by atoms with Crippen LogP contribution in [-0.2, 0) is 0 Å². The van der Waals surface area contributed by atoms with E-state index in [1.807, 2.05) is 6.08 Å². The largest absolute Gasteiger partial charge is 0.176 e. The van der Waals surface area contributed by atoms with Gasteiger partial charge in [-0.15, -0.1) is 6.58 Å². The minimum absolute atomic E-state index is 0.308. The van der Waals surface area contributed by atoms with E-state index in [4.69, 9.17) is 0 Å². The predicted octanol–water partition coefficient (Wildman–Crippen LogP) is 2.18. The highest BCUT2D eigenvalue weighted by Crippen LogP contribution is 2.09. The predicted molar refractivity (Wildman–Crippen MR) is 46.0 cm³/mol. The van der Waals surface area contributed by atoms with Crippen LogP contribution in [0.1, 0.15) is 13.3 Å². The Morgan fingerprint density at radius 1 is 1.62 bits per heavy atom. The molecular formula is C6H12S2. The topological polar surface area (TPSA) is 0 Å². The van der Waals surface area contributed by atoms with Gasteiger partial charge in [0.05, 0.1) is 0 Å². The third kappa shape index (κ3) is 4.60. The van der Waals surface area contributed by atoms with Crippen molar-refractivity contribution >= 4 is 25.3 Å². The van der Waals surface area contributed by atoms with E-state index in [0.717, 1.165) is 6.42 Å². The fourth-order valence-corrected chi connectivity index (χ4v) is 1.16. The standard InChI is InChI=1S/C6H12S2/c1-3-6(8)4-5(2)7/h3,5-8H,1,4H2,2H3. The summed E-state index contributed by atoms with van der Waals surface area (Å²) in [6, 6.07) is 0. The second kappa shape index (κ2) is 4.33. The van der Waals surface area contributed by atoms with Gasteiger partial charge in [-0.1, -0.05) is 13.0 Å². The number of hydrogen-bond acceptors (Lipinski definition) is 2. The summed E-state index contributed by atoms with van der Waals surface area (Å²) in [7, 11) is 0. The molecule has 0 radical (unpaired) electrons. The van der Waals surface area contributed by atoms with E-state index in [0.29, 0.717) is 10.5 Å². The first-order valence-electron chi connectivity index (χ1n) is 2.65. The first-order valence-corrected chi connectivity index (χ1v) is 3.68. The molecular weight excluding hydrogens is 136 g/mol. The fraction of sp³-hybridized carbons (Fsp3) is 0.667. The molecule has 0 saturated heterocycles. The molecule has 0 aromatic rings. The van der Waals surface area contributed by atoms with Crippen LogP contribution in [0, 0.1) is 0 Å². The van der Waals surface area contributed by atoms with E-state index in [-0.39, 0.29) is 0 Å². The van der Waals surface area contributed by atoms with E-state index in [2.05, 4.69) is 38.8 Å². The van der Waals surface area contributed by atoms with Crippen LogP contribution in [0.15, 0.2) is 12.7 Å². The zero-order valence-corrected chi connectivity index (χ0v) is 6.83. The van der Waals surface area contributed by atoms with Crippen molar-refractivity contribution < 1.29 is 0 Å². The smallest absolute Gasteiger partial charge is 0.0204 e. The number of thiol groups is 2. The van der Waals surface area contributed by atoms with Crippen LogP contribution in [0.3, 0.4) is 0 Å². The Bertz CT molecular complexity index is 68.9. The van der Waals surface area contributed by atoms with Crippen molar-refractivity contribution in [2.24, 2.45) is 0 Å². The Balaban J connectivity index is 3.23. The Morgan fingerprint density at radius 2 is 2.12 bits per heavy atom. The Hall–Kier alpha value is 0.440. The van der Waals surface area contributed by atoms with E-state index in [1.54, 1.807) is 0 Å². The molecule has 0 amide bonds. The summed E-state index contributed by atoms with van der Waals surface area (Å²) < 4.78 is 0. The molecule has 0 saturated carbocycles. The van der Waals surface area contributed by atoms with Crippen molar-refractivity contribution in [1.82, 2.24) is 0 Å². The quantitative estimate of drug-likeness (QED) is 0.445. The Labute approximate surface area is 62.2 Å². The van der Waals surface area contributed by atoms with Gasteiger partial charge in [-0.2, -0.15) is 25.3 Å². The van der Waals surface area contributed by atoms with Gasteiger partial charge in [0.25, 0.3) is 0 Å². The van der Waals surface area contributed by atoms with Crippen LogP contribution >= 0.6 is 25.3 Å². The number of hydrogen-bond donors (Lipinski definition) is 2. The van der Waals surface area contributed by atoms with Gasteiger partial charge in [-0.3, -0.25) is 0 Å². The molecule has 0 aromatic carbocycles. The molecule has 0 fully saturated rings. The highest BCUT2D eigenvalue weighted by molar-refractivity contribution is 7.82. The summed E-state index contributed by atoms with van der Waals surface area (Å²) in [4.78, 5) is 0. The molecule has 0 aliphatic heterocycles. The average molecular weight is 148 g/mol. The van der Waals surface area contributed by atoms with Gasteiger partial charge in [0, 0.05) is 10.5 Å². The van der Waals surface area contributed by atoms with Gasteiger partial charge < -0.3 is 0 Å². The fourth-order valence-electron chi connectivity index (χ4n) is 0.446. The highest BCUT2D eigenvalue weighted by atomic mass is 32.1. The Morgan fingerprint density at radius 3 is 2.25 bits per heavy atom. The number of rotatable bonds is 3. The first kappa shape index (κ1) is 8.44. The zero-order valence-electron chi connectivity index (χ0n) is 5.04. The lowest BCUT2D eigenvalue weighted by Gasteiger charge is -2.05. The van der Waals surface area contributed by atoms with Crippen molar-refractivity contribution in [3.63, 3.8) is 0 Å². The van der Waals surface area contributed by atoms with E-state index >= 15 is 0 Å². The molecule has 2 unspecified atom stereocenters. The van der Waals surface area contributed by atoms with Crippen LogP contribution in [0.4, 0.5) is 0 Å². The third-order valence-corrected chi connectivity index (χ3v) is 1.49. The summed E-state index contributed by atoms with van der Waals surface area (Å²) in [5.41, 5.74) is 0. The molecule has 0 heterocycles. The van der Waals surface area contributed by atoms with Crippen LogP contribution < -0.4 is 0 Å². The molecule has 48 valence electrons. The molecule has 0 bridgehead atoms. The van der Waals surface area contributed by atoms with Gasteiger partial charge in [0.15, 0.2) is 0 Å². The molecule has 2 atom stereocenters. The molecule has 0 nitrogen and oxygen atoms in total. The molecule has 0 aromatic heterocycles. The van der Waals surface area contributed by atoms with Gasteiger partial charge in [-0.05, 0) is 6.42 Å². The molecule has 0 rings (SSSR count). The molecule has 0 aliphatic carbocycles. The maximum Gasteiger partial charge on any atom is 0.0204 e. The second-order valence-electron chi connectivity index (χ2n) is 1.89. The lowest BCUT2D eigenvalue weighted by Crippen LogP contribution is -2.00. The van der Waals surface area contributed by atoms with Gasteiger partial charge in [-0.25, -0.2) is 0 Å². The molecule has 8 heavy (non-hydrogen) atoms. The van der Waals surface area contributed by atoms with E-state index in [9.17, 15) is 0 Å². The van der Waals surface area contributed by atoms with Crippen molar-refractivity contribution in [3.8, 4) is 0 Å². The van der Waals surface area contributed by atoms with E-state index in [1.165, 1.54) is 0 Å². The SMILES string of the molecule is C=CC(S)CC(C)S. The van der Waals surface area contributed by atoms with Crippen LogP contribution in [0.2, 0.25) is 0 Å². The molecule has 2 heteroatoms. The average Bonchev–Trinajstić information content (AvgIpc) is 1.65. The summed E-state index contributed by atoms with van der Waals surface area (Å²) in [5, 5.41) is 0.734. The molecule has 0 spiro atoms. The maximum atomic E-state index is 4.20. The summed E-state index contributed by atoms with van der Waals surface area (Å²) in [6.45, 7) is 5.65. The van der Waals surface area contributed by atoms with Gasteiger partial charge in [0.1, 0.15) is 0 Å².